The molecule has 0 saturated carbocycles. The van der Waals surface area contributed by atoms with Crippen molar-refractivity contribution in [2.75, 3.05) is 33.3 Å². The zero-order valence-corrected chi connectivity index (χ0v) is 15.4. The predicted molar refractivity (Wildman–Crippen MR) is 96.2 cm³/mol. The molecular formula is C17H25N7O2. The number of amides is 2. The highest BCUT2D eigenvalue weighted by molar-refractivity contribution is 5.74. The van der Waals surface area contributed by atoms with Crippen molar-refractivity contribution in [3.05, 3.63) is 30.1 Å². The zero-order chi connectivity index (χ0) is 18.5. The molecule has 1 aromatic carbocycles. The number of tetrazole rings is 1. The Hall–Kier alpha value is -2.68. The van der Waals surface area contributed by atoms with Gasteiger partial charge < -0.3 is 15.0 Å². The first-order valence-corrected chi connectivity index (χ1v) is 8.76. The molecule has 3 rings (SSSR count). The number of ether oxygens (including phenoxy) is 1. The number of rotatable bonds is 5. The SMILES string of the molecule is COc1ccc(-n2nnnc2CN2CCN(C(=O)NC(C)C)CC2)cc1. The Morgan fingerprint density at radius 3 is 2.50 bits per heavy atom. The smallest absolute Gasteiger partial charge is 0.317 e. The first-order chi connectivity index (χ1) is 12.6. The molecule has 140 valence electrons. The van der Waals surface area contributed by atoms with Gasteiger partial charge in [-0.2, -0.15) is 4.68 Å². The summed E-state index contributed by atoms with van der Waals surface area (Å²) in [7, 11) is 1.64. The van der Waals surface area contributed by atoms with Gasteiger partial charge in [-0.15, -0.1) is 5.10 Å². The summed E-state index contributed by atoms with van der Waals surface area (Å²) >= 11 is 0. The Balaban J connectivity index is 1.59. The summed E-state index contributed by atoms with van der Waals surface area (Å²) in [5, 5.41) is 15.0. The lowest BCUT2D eigenvalue weighted by atomic mass is 10.3. The Morgan fingerprint density at radius 2 is 1.88 bits per heavy atom. The maximum absolute atomic E-state index is 12.1. The van der Waals surface area contributed by atoms with Crippen LogP contribution in [0, 0.1) is 0 Å². The molecule has 9 nitrogen and oxygen atoms in total. The topological polar surface area (TPSA) is 88.4 Å². The van der Waals surface area contributed by atoms with Crippen LogP contribution >= 0.6 is 0 Å². The van der Waals surface area contributed by atoms with Gasteiger partial charge in [0, 0.05) is 32.2 Å². The summed E-state index contributed by atoms with van der Waals surface area (Å²) in [5.41, 5.74) is 0.890. The maximum atomic E-state index is 12.1. The lowest BCUT2D eigenvalue weighted by Crippen LogP contribution is -2.52. The molecule has 1 aliphatic heterocycles. The minimum absolute atomic E-state index is 0.00252. The summed E-state index contributed by atoms with van der Waals surface area (Å²) in [6.07, 6.45) is 0. The van der Waals surface area contributed by atoms with Gasteiger partial charge in [-0.05, 0) is 48.5 Å². The van der Waals surface area contributed by atoms with Crippen molar-refractivity contribution in [3.63, 3.8) is 0 Å². The molecule has 1 saturated heterocycles. The quantitative estimate of drug-likeness (QED) is 0.854. The third-order valence-electron chi connectivity index (χ3n) is 4.29. The summed E-state index contributed by atoms with van der Waals surface area (Å²) in [5.74, 6) is 1.56. The standard InChI is InChI=1S/C17H25N7O2/c1-13(2)18-17(25)23-10-8-22(9-11-23)12-16-19-20-21-24(16)14-4-6-15(26-3)7-5-14/h4-7,13H,8-12H2,1-3H3,(H,18,25). The number of carbonyl (C=O) groups excluding carboxylic acids is 1. The third-order valence-corrected chi connectivity index (χ3v) is 4.29. The van der Waals surface area contributed by atoms with E-state index in [9.17, 15) is 4.79 Å². The van der Waals surface area contributed by atoms with Crippen molar-refractivity contribution in [2.45, 2.75) is 26.4 Å². The second-order valence-electron chi connectivity index (χ2n) is 6.57. The van der Waals surface area contributed by atoms with Crippen LogP contribution in [0.5, 0.6) is 5.75 Å². The monoisotopic (exact) mass is 359 g/mol. The van der Waals surface area contributed by atoms with E-state index in [2.05, 4.69) is 25.7 Å². The normalized spacial score (nSPS) is 15.3. The van der Waals surface area contributed by atoms with Gasteiger partial charge in [-0.25, -0.2) is 4.79 Å². The number of benzene rings is 1. The van der Waals surface area contributed by atoms with Crippen molar-refractivity contribution < 1.29 is 9.53 Å². The van der Waals surface area contributed by atoms with Crippen molar-refractivity contribution in [2.24, 2.45) is 0 Å². The number of carbonyl (C=O) groups is 1. The van der Waals surface area contributed by atoms with Crippen molar-refractivity contribution in [3.8, 4) is 11.4 Å². The van der Waals surface area contributed by atoms with Gasteiger partial charge in [-0.3, -0.25) is 4.90 Å². The number of nitrogens with zero attached hydrogens (tertiary/aromatic N) is 6. The van der Waals surface area contributed by atoms with Gasteiger partial charge in [-0.1, -0.05) is 0 Å². The van der Waals surface area contributed by atoms with Crippen LogP contribution in [-0.2, 0) is 6.54 Å². The second-order valence-corrected chi connectivity index (χ2v) is 6.57. The molecule has 2 aromatic rings. The highest BCUT2D eigenvalue weighted by atomic mass is 16.5. The minimum Gasteiger partial charge on any atom is -0.497 e. The number of methoxy groups -OCH3 is 1. The third kappa shape index (κ3) is 4.29. The summed E-state index contributed by atoms with van der Waals surface area (Å²) in [6, 6.07) is 7.76. The van der Waals surface area contributed by atoms with Gasteiger partial charge in [0.15, 0.2) is 5.82 Å². The lowest BCUT2D eigenvalue weighted by molar-refractivity contribution is 0.132. The average Bonchev–Trinajstić information content (AvgIpc) is 3.10. The fourth-order valence-electron chi connectivity index (χ4n) is 2.88. The lowest BCUT2D eigenvalue weighted by Gasteiger charge is -2.34. The van der Waals surface area contributed by atoms with Gasteiger partial charge in [0.25, 0.3) is 0 Å². The van der Waals surface area contributed by atoms with Crippen LogP contribution in [0.1, 0.15) is 19.7 Å². The molecule has 0 atom stereocenters. The first-order valence-electron chi connectivity index (χ1n) is 8.76. The molecule has 0 spiro atoms. The Bertz CT molecular complexity index is 721. The van der Waals surface area contributed by atoms with Gasteiger partial charge in [0.1, 0.15) is 5.75 Å². The molecule has 26 heavy (non-hydrogen) atoms. The number of piperazine rings is 1. The zero-order valence-electron chi connectivity index (χ0n) is 15.4. The fourth-order valence-corrected chi connectivity index (χ4v) is 2.88. The molecular weight excluding hydrogens is 334 g/mol. The Kier molecular flexibility index (Phi) is 5.67. The van der Waals surface area contributed by atoms with Crippen LogP contribution in [0.15, 0.2) is 24.3 Å². The van der Waals surface area contributed by atoms with Crippen molar-refractivity contribution in [1.29, 1.82) is 0 Å². The molecule has 1 fully saturated rings. The van der Waals surface area contributed by atoms with E-state index in [1.54, 1.807) is 11.8 Å². The molecule has 9 heteroatoms. The number of nitrogens with one attached hydrogen (secondary N) is 1. The number of hydrogen-bond acceptors (Lipinski definition) is 6. The van der Waals surface area contributed by atoms with E-state index in [1.807, 2.05) is 43.0 Å². The maximum Gasteiger partial charge on any atom is 0.317 e. The van der Waals surface area contributed by atoms with E-state index in [1.165, 1.54) is 0 Å². The molecule has 0 bridgehead atoms. The summed E-state index contributed by atoms with van der Waals surface area (Å²) in [6.45, 7) is 7.55. The Morgan fingerprint density at radius 1 is 1.19 bits per heavy atom. The predicted octanol–water partition coefficient (Wildman–Crippen LogP) is 0.907. The number of aromatic nitrogens is 4. The number of urea groups is 1. The Labute approximate surface area is 152 Å². The first kappa shape index (κ1) is 18.1. The van der Waals surface area contributed by atoms with E-state index in [0.29, 0.717) is 19.6 Å². The molecule has 0 radical (unpaired) electrons. The largest absolute Gasteiger partial charge is 0.497 e. The van der Waals surface area contributed by atoms with E-state index in [-0.39, 0.29) is 12.1 Å². The van der Waals surface area contributed by atoms with Crippen LogP contribution in [0.3, 0.4) is 0 Å². The van der Waals surface area contributed by atoms with E-state index >= 15 is 0 Å². The van der Waals surface area contributed by atoms with Gasteiger partial charge >= 0.3 is 6.03 Å². The van der Waals surface area contributed by atoms with Crippen LogP contribution in [-0.4, -0.2) is 75.4 Å². The van der Waals surface area contributed by atoms with Crippen LogP contribution in [0.25, 0.3) is 5.69 Å². The molecule has 0 aliphatic carbocycles. The van der Waals surface area contributed by atoms with E-state index in [4.69, 9.17) is 4.74 Å². The molecule has 2 heterocycles. The minimum atomic E-state index is 0.00252. The van der Waals surface area contributed by atoms with Crippen LogP contribution in [0.2, 0.25) is 0 Å². The highest BCUT2D eigenvalue weighted by Gasteiger charge is 2.23. The van der Waals surface area contributed by atoms with E-state index in [0.717, 1.165) is 30.4 Å². The van der Waals surface area contributed by atoms with Crippen molar-refractivity contribution >= 4 is 6.03 Å². The summed E-state index contributed by atoms with van der Waals surface area (Å²) < 4.78 is 6.92. The molecule has 1 aliphatic rings. The highest BCUT2D eigenvalue weighted by Crippen LogP contribution is 2.16. The van der Waals surface area contributed by atoms with Crippen LogP contribution < -0.4 is 10.1 Å². The van der Waals surface area contributed by atoms with Gasteiger partial charge in [0.05, 0.1) is 19.3 Å². The van der Waals surface area contributed by atoms with E-state index < -0.39 is 0 Å². The van der Waals surface area contributed by atoms with Crippen molar-refractivity contribution in [1.82, 2.24) is 35.3 Å². The summed E-state index contributed by atoms with van der Waals surface area (Å²) in [4.78, 5) is 16.2. The van der Waals surface area contributed by atoms with Gasteiger partial charge in [0.2, 0.25) is 0 Å². The second kappa shape index (κ2) is 8.13. The molecule has 2 amide bonds. The fraction of sp³-hybridized carbons (Fsp3) is 0.529. The molecule has 0 unspecified atom stereocenters. The number of hydrogen-bond donors (Lipinski definition) is 1. The van der Waals surface area contributed by atoms with Crippen LogP contribution in [0.4, 0.5) is 4.79 Å². The average molecular weight is 359 g/mol. The molecule has 1 aromatic heterocycles. The molecule has 1 N–H and O–H groups in total.